The highest BCUT2D eigenvalue weighted by molar-refractivity contribution is 5.77. The molecule has 3 atom stereocenters. The number of esters is 1. The van der Waals surface area contributed by atoms with E-state index in [0.717, 1.165) is 70.6 Å². The molecule has 0 radical (unpaired) electrons. The average Bonchev–Trinajstić information content (AvgIpc) is 3.30. The van der Waals surface area contributed by atoms with Crippen molar-refractivity contribution in [2.45, 2.75) is 309 Å². The van der Waals surface area contributed by atoms with Crippen molar-refractivity contribution < 1.29 is 24.5 Å². The molecule has 0 aromatic heterocycles. The van der Waals surface area contributed by atoms with Crippen LogP contribution in [0.3, 0.4) is 0 Å². The fraction of sp³-hybridized carbons (Fsp3) is 0.831. The lowest BCUT2D eigenvalue weighted by molar-refractivity contribution is -0.151. The van der Waals surface area contributed by atoms with Crippen LogP contribution in [0.2, 0.25) is 0 Å². The number of ether oxygens (including phenoxy) is 1. The summed E-state index contributed by atoms with van der Waals surface area (Å²) in [4.78, 5) is 26.2. The van der Waals surface area contributed by atoms with Gasteiger partial charge in [0, 0.05) is 6.42 Å². The maximum atomic E-state index is 13.3. The smallest absolute Gasteiger partial charge is 0.306 e. The van der Waals surface area contributed by atoms with Gasteiger partial charge in [0.15, 0.2) is 0 Å². The predicted octanol–water partition coefficient (Wildman–Crippen LogP) is 17.4. The molecule has 1 amide bonds. The summed E-state index contributed by atoms with van der Waals surface area (Å²) in [6.45, 7) is 6.37. The molecule has 6 nitrogen and oxygen atoms in total. The van der Waals surface area contributed by atoms with E-state index in [1.807, 2.05) is 18.2 Å². The van der Waals surface area contributed by atoms with E-state index in [9.17, 15) is 19.8 Å². The van der Waals surface area contributed by atoms with Crippen LogP contribution in [-0.2, 0) is 14.3 Å². The molecule has 3 N–H and O–H groups in total. The first kappa shape index (κ1) is 62.8. The summed E-state index contributed by atoms with van der Waals surface area (Å²) in [5, 5.41) is 23.9. The fourth-order valence-electron chi connectivity index (χ4n) is 8.74. The third-order valence-electron chi connectivity index (χ3n) is 13.0. The molecule has 6 heteroatoms. The molecule has 0 aliphatic carbocycles. The van der Waals surface area contributed by atoms with Gasteiger partial charge in [-0.25, -0.2) is 0 Å². The summed E-state index contributed by atoms with van der Waals surface area (Å²) in [7, 11) is 0. The second-order valence-electron chi connectivity index (χ2n) is 19.4. The number of hydrogen-bond donors (Lipinski definition) is 3. The molecule has 0 saturated carbocycles. The average molecular weight is 913 g/mol. The zero-order valence-corrected chi connectivity index (χ0v) is 43.4. The summed E-state index contributed by atoms with van der Waals surface area (Å²) in [5.41, 5.74) is 0. The molecule has 0 saturated heterocycles. The highest BCUT2D eigenvalue weighted by Gasteiger charge is 2.24. The highest BCUT2D eigenvalue weighted by atomic mass is 16.5. The van der Waals surface area contributed by atoms with Crippen molar-refractivity contribution in [3.05, 3.63) is 48.6 Å². The first-order valence-corrected chi connectivity index (χ1v) is 28.4. The topological polar surface area (TPSA) is 95.9 Å². The standard InChI is InChI=1S/C59H109NO5/c1-4-7-10-13-16-19-22-25-28-29-31-33-36-39-42-45-48-51-57(62)56(54-61)60-58(63)53-55(50-47-44-41-38-35-32-27-24-21-18-15-12-9-6-3)65-59(64)52-49-46-43-40-37-34-30-26-23-20-17-14-11-8-5-2/h8,11,14,17,20,23,26,30,55-57,61-62H,4-7,9-10,12-13,15-16,18-19,21-22,24-25,27-29,31-54H2,1-3H3,(H,60,63)/b11-8+,17-14+,23-20+,30-26-. The number of amides is 1. The zero-order chi connectivity index (χ0) is 47.4. The molecule has 0 aliphatic rings. The third kappa shape index (κ3) is 48.1. The van der Waals surface area contributed by atoms with Crippen molar-refractivity contribution in [1.29, 1.82) is 0 Å². The van der Waals surface area contributed by atoms with Gasteiger partial charge in [0.1, 0.15) is 6.10 Å². The van der Waals surface area contributed by atoms with Gasteiger partial charge >= 0.3 is 5.97 Å². The van der Waals surface area contributed by atoms with Crippen molar-refractivity contribution in [3.63, 3.8) is 0 Å². The Morgan fingerprint density at radius 1 is 0.462 bits per heavy atom. The summed E-state index contributed by atoms with van der Waals surface area (Å²) in [5.74, 6) is -0.488. The minimum Gasteiger partial charge on any atom is -0.462 e. The maximum Gasteiger partial charge on any atom is 0.306 e. The molecule has 0 rings (SSSR count). The van der Waals surface area contributed by atoms with Gasteiger partial charge in [0.25, 0.3) is 0 Å². The van der Waals surface area contributed by atoms with E-state index in [1.54, 1.807) is 0 Å². The lowest BCUT2D eigenvalue weighted by atomic mass is 10.0. The number of carbonyl (C=O) groups excluding carboxylic acids is 2. The van der Waals surface area contributed by atoms with Crippen LogP contribution in [0.25, 0.3) is 0 Å². The van der Waals surface area contributed by atoms with E-state index in [0.29, 0.717) is 19.3 Å². The molecule has 0 fully saturated rings. The number of aliphatic hydroxyl groups is 2. The SMILES string of the molecule is CC/C=C/C=C/C=C/C=C\CCCCCCCC(=O)OC(CCCCCCCCCCCCCCCC)CC(=O)NC(CO)C(O)CCCCCCCCCCCCCCCCCCC. The fourth-order valence-corrected chi connectivity index (χ4v) is 8.74. The summed E-state index contributed by atoms with van der Waals surface area (Å²) < 4.78 is 5.95. The number of aliphatic hydroxyl groups excluding tert-OH is 2. The van der Waals surface area contributed by atoms with E-state index in [-0.39, 0.29) is 24.9 Å². The first-order valence-electron chi connectivity index (χ1n) is 28.4. The lowest BCUT2D eigenvalue weighted by Gasteiger charge is -2.24. The Morgan fingerprint density at radius 2 is 0.831 bits per heavy atom. The third-order valence-corrected chi connectivity index (χ3v) is 13.0. The summed E-state index contributed by atoms with van der Waals surface area (Å²) in [6.07, 6.45) is 64.6. The molecule has 0 aliphatic heterocycles. The highest BCUT2D eigenvalue weighted by Crippen LogP contribution is 2.19. The Bertz CT molecular complexity index is 1110. The second-order valence-corrected chi connectivity index (χ2v) is 19.4. The van der Waals surface area contributed by atoms with E-state index in [4.69, 9.17) is 4.74 Å². The van der Waals surface area contributed by atoms with E-state index in [2.05, 4.69) is 56.5 Å². The second kappa shape index (κ2) is 52.8. The Labute approximate surface area is 404 Å². The maximum absolute atomic E-state index is 13.3. The molecule has 0 heterocycles. The molecule has 0 bridgehead atoms. The number of carbonyl (C=O) groups is 2. The Kier molecular flexibility index (Phi) is 51.0. The summed E-state index contributed by atoms with van der Waals surface area (Å²) >= 11 is 0. The van der Waals surface area contributed by atoms with Crippen molar-refractivity contribution in [2.24, 2.45) is 0 Å². The van der Waals surface area contributed by atoms with Crippen LogP contribution < -0.4 is 5.32 Å². The largest absolute Gasteiger partial charge is 0.462 e. The molecule has 65 heavy (non-hydrogen) atoms. The van der Waals surface area contributed by atoms with Gasteiger partial charge in [-0.2, -0.15) is 0 Å². The Hall–Kier alpha value is -2.18. The van der Waals surface area contributed by atoms with E-state index < -0.39 is 18.2 Å². The molecule has 0 spiro atoms. The van der Waals surface area contributed by atoms with Gasteiger partial charge in [-0.1, -0.05) is 281 Å². The van der Waals surface area contributed by atoms with Crippen LogP contribution >= 0.6 is 0 Å². The Balaban J connectivity index is 4.53. The first-order chi connectivity index (χ1) is 32.0. The van der Waals surface area contributed by atoms with Crippen molar-refractivity contribution in [2.75, 3.05) is 6.61 Å². The zero-order valence-electron chi connectivity index (χ0n) is 43.4. The van der Waals surface area contributed by atoms with Crippen LogP contribution in [-0.4, -0.2) is 46.9 Å². The van der Waals surface area contributed by atoms with Crippen molar-refractivity contribution in [3.8, 4) is 0 Å². The molecule has 0 aromatic rings. The molecular weight excluding hydrogens is 803 g/mol. The van der Waals surface area contributed by atoms with Gasteiger partial charge in [-0.05, 0) is 44.9 Å². The normalized spacial score (nSPS) is 13.5. The van der Waals surface area contributed by atoms with Gasteiger partial charge in [0.05, 0.1) is 25.2 Å². The van der Waals surface area contributed by atoms with Crippen molar-refractivity contribution in [1.82, 2.24) is 5.32 Å². The Morgan fingerprint density at radius 3 is 1.26 bits per heavy atom. The quantitative estimate of drug-likeness (QED) is 0.0321. The molecule has 0 aromatic carbocycles. The number of hydrogen-bond acceptors (Lipinski definition) is 5. The van der Waals surface area contributed by atoms with Crippen LogP contribution in [0, 0.1) is 0 Å². The molecule has 380 valence electrons. The van der Waals surface area contributed by atoms with Crippen LogP contribution in [0.15, 0.2) is 48.6 Å². The minimum atomic E-state index is -0.791. The summed E-state index contributed by atoms with van der Waals surface area (Å²) in [6, 6.07) is -0.706. The lowest BCUT2D eigenvalue weighted by Crippen LogP contribution is -2.46. The van der Waals surface area contributed by atoms with E-state index >= 15 is 0 Å². The van der Waals surface area contributed by atoms with Gasteiger partial charge in [-0.3, -0.25) is 9.59 Å². The number of allylic oxidation sites excluding steroid dienone is 8. The van der Waals surface area contributed by atoms with Gasteiger partial charge in [0.2, 0.25) is 5.91 Å². The monoisotopic (exact) mass is 912 g/mol. The minimum absolute atomic E-state index is 0.0709. The van der Waals surface area contributed by atoms with Crippen LogP contribution in [0.1, 0.15) is 290 Å². The van der Waals surface area contributed by atoms with E-state index in [1.165, 1.54) is 173 Å². The number of nitrogens with one attached hydrogen (secondary N) is 1. The molecule has 3 unspecified atom stereocenters. The van der Waals surface area contributed by atoms with Crippen molar-refractivity contribution >= 4 is 11.9 Å². The predicted molar refractivity (Wildman–Crippen MR) is 282 cm³/mol. The van der Waals surface area contributed by atoms with Crippen LogP contribution in [0.5, 0.6) is 0 Å². The van der Waals surface area contributed by atoms with Gasteiger partial charge in [-0.15, -0.1) is 0 Å². The number of unbranched alkanes of at least 4 members (excludes halogenated alkanes) is 34. The number of rotatable bonds is 51. The van der Waals surface area contributed by atoms with Crippen LogP contribution in [0.4, 0.5) is 0 Å². The molecular formula is C59H109NO5. The van der Waals surface area contributed by atoms with Gasteiger partial charge < -0.3 is 20.3 Å².